The van der Waals surface area contributed by atoms with Crippen molar-refractivity contribution in [1.82, 2.24) is 10.2 Å². The molecule has 3 nitrogen and oxygen atoms in total. The molecule has 0 aliphatic heterocycles. The molecule has 1 atom stereocenters. The van der Waals surface area contributed by atoms with Crippen molar-refractivity contribution in [3.63, 3.8) is 0 Å². The Kier molecular flexibility index (Phi) is 7.96. The van der Waals surface area contributed by atoms with Crippen molar-refractivity contribution >= 4 is 0 Å². The van der Waals surface area contributed by atoms with Crippen LogP contribution in [0.1, 0.15) is 58.8 Å². The molecule has 1 aliphatic rings. The molecule has 0 aromatic rings. The Morgan fingerprint density at radius 1 is 1.32 bits per heavy atom. The maximum Gasteiger partial charge on any atom is 0.0610 e. The minimum atomic E-state index is -0.0930. The fraction of sp³-hybridized carbons (Fsp3) is 1.00. The average molecular weight is 270 g/mol. The van der Waals surface area contributed by atoms with Gasteiger partial charge in [-0.3, -0.25) is 0 Å². The van der Waals surface area contributed by atoms with E-state index >= 15 is 0 Å². The van der Waals surface area contributed by atoms with E-state index in [4.69, 9.17) is 0 Å². The molecule has 0 spiro atoms. The third kappa shape index (κ3) is 6.73. The second kappa shape index (κ2) is 8.93. The maximum absolute atomic E-state index is 9.53. The van der Waals surface area contributed by atoms with Crippen LogP contribution in [-0.4, -0.2) is 48.8 Å². The van der Waals surface area contributed by atoms with E-state index in [2.05, 4.69) is 31.1 Å². The molecular formula is C16H34N2O. The lowest BCUT2D eigenvalue weighted by molar-refractivity contribution is 0.157. The third-order valence-corrected chi connectivity index (χ3v) is 4.46. The van der Waals surface area contributed by atoms with Crippen molar-refractivity contribution in [2.75, 3.05) is 33.3 Å². The van der Waals surface area contributed by atoms with E-state index in [0.717, 1.165) is 38.3 Å². The molecule has 0 amide bonds. The first-order valence-corrected chi connectivity index (χ1v) is 8.14. The Labute approximate surface area is 119 Å². The van der Waals surface area contributed by atoms with Crippen LogP contribution in [0.25, 0.3) is 0 Å². The molecule has 1 unspecified atom stereocenters. The highest BCUT2D eigenvalue weighted by atomic mass is 16.3. The number of aliphatic hydroxyl groups is 1. The van der Waals surface area contributed by atoms with Gasteiger partial charge in [0, 0.05) is 12.1 Å². The second-order valence-corrected chi connectivity index (χ2v) is 6.66. The van der Waals surface area contributed by atoms with Gasteiger partial charge in [0.25, 0.3) is 0 Å². The van der Waals surface area contributed by atoms with Crippen molar-refractivity contribution < 1.29 is 5.11 Å². The largest absolute Gasteiger partial charge is 0.394 e. The quantitative estimate of drug-likeness (QED) is 0.640. The molecule has 2 N–H and O–H groups in total. The zero-order valence-corrected chi connectivity index (χ0v) is 13.2. The fourth-order valence-electron chi connectivity index (χ4n) is 3.11. The molecule has 1 saturated carbocycles. The Hall–Kier alpha value is -0.120. The van der Waals surface area contributed by atoms with E-state index in [1.807, 2.05) is 0 Å². The summed E-state index contributed by atoms with van der Waals surface area (Å²) in [5.74, 6) is 0.937. The summed E-state index contributed by atoms with van der Waals surface area (Å²) < 4.78 is 0. The Balaban J connectivity index is 2.15. The van der Waals surface area contributed by atoms with Crippen molar-refractivity contribution in [2.24, 2.45) is 5.92 Å². The van der Waals surface area contributed by atoms with Crippen LogP contribution in [0.2, 0.25) is 0 Å². The van der Waals surface area contributed by atoms with E-state index in [-0.39, 0.29) is 12.1 Å². The van der Waals surface area contributed by atoms with Crippen molar-refractivity contribution in [3.8, 4) is 0 Å². The van der Waals surface area contributed by atoms with E-state index in [0.29, 0.717) is 0 Å². The van der Waals surface area contributed by atoms with Crippen molar-refractivity contribution in [3.05, 3.63) is 0 Å². The molecule has 0 bridgehead atoms. The van der Waals surface area contributed by atoms with Gasteiger partial charge in [-0.15, -0.1) is 0 Å². The van der Waals surface area contributed by atoms with Crippen molar-refractivity contribution in [1.29, 1.82) is 0 Å². The molecule has 19 heavy (non-hydrogen) atoms. The number of nitrogens with one attached hydrogen (secondary N) is 1. The van der Waals surface area contributed by atoms with Gasteiger partial charge >= 0.3 is 0 Å². The molecular weight excluding hydrogens is 236 g/mol. The fourth-order valence-corrected chi connectivity index (χ4v) is 3.11. The number of hydrogen-bond donors (Lipinski definition) is 2. The number of aliphatic hydroxyl groups excluding tert-OH is 1. The molecule has 3 heteroatoms. The number of nitrogens with zero attached hydrogens (tertiary/aromatic N) is 1. The summed E-state index contributed by atoms with van der Waals surface area (Å²) in [6, 6.07) is 0. The highest BCUT2D eigenvalue weighted by Crippen LogP contribution is 2.25. The van der Waals surface area contributed by atoms with Crippen LogP contribution in [-0.2, 0) is 0 Å². The summed E-state index contributed by atoms with van der Waals surface area (Å²) in [4.78, 5) is 2.48. The highest BCUT2D eigenvalue weighted by molar-refractivity contribution is 4.82. The predicted molar refractivity (Wildman–Crippen MR) is 82.5 cm³/mol. The van der Waals surface area contributed by atoms with Gasteiger partial charge in [0.2, 0.25) is 0 Å². The first-order valence-electron chi connectivity index (χ1n) is 8.14. The second-order valence-electron chi connectivity index (χ2n) is 6.66. The Morgan fingerprint density at radius 3 is 2.58 bits per heavy atom. The molecule has 114 valence electrons. The zero-order chi connectivity index (χ0) is 14.1. The van der Waals surface area contributed by atoms with E-state index in [1.54, 1.807) is 0 Å². The molecule has 0 aromatic carbocycles. The highest BCUT2D eigenvalue weighted by Gasteiger charge is 2.22. The van der Waals surface area contributed by atoms with Gasteiger partial charge < -0.3 is 15.3 Å². The van der Waals surface area contributed by atoms with E-state index < -0.39 is 0 Å². The minimum absolute atomic E-state index is 0.0930. The monoisotopic (exact) mass is 270 g/mol. The topological polar surface area (TPSA) is 35.5 Å². The number of hydrogen-bond acceptors (Lipinski definition) is 3. The Bertz CT molecular complexity index is 229. The first-order chi connectivity index (χ1) is 9.09. The van der Waals surface area contributed by atoms with Crippen LogP contribution in [0.4, 0.5) is 0 Å². The summed E-state index contributed by atoms with van der Waals surface area (Å²) in [5.41, 5.74) is -0.0930. The van der Waals surface area contributed by atoms with Gasteiger partial charge in [0.1, 0.15) is 0 Å². The molecule has 1 fully saturated rings. The van der Waals surface area contributed by atoms with Crippen LogP contribution >= 0.6 is 0 Å². The van der Waals surface area contributed by atoms with Gasteiger partial charge in [-0.2, -0.15) is 0 Å². The lowest BCUT2D eigenvalue weighted by Crippen LogP contribution is -2.46. The maximum atomic E-state index is 9.53. The first kappa shape index (κ1) is 16.9. The molecule has 0 radical (unpaired) electrons. The van der Waals surface area contributed by atoms with Gasteiger partial charge in [-0.1, -0.05) is 19.8 Å². The summed E-state index contributed by atoms with van der Waals surface area (Å²) in [6.45, 7) is 7.95. The van der Waals surface area contributed by atoms with Gasteiger partial charge in [0.15, 0.2) is 0 Å². The Morgan fingerprint density at radius 2 is 2.00 bits per heavy atom. The van der Waals surface area contributed by atoms with Crippen LogP contribution in [0.5, 0.6) is 0 Å². The number of rotatable bonds is 10. The van der Waals surface area contributed by atoms with Crippen LogP contribution in [0.15, 0.2) is 0 Å². The molecule has 1 aliphatic carbocycles. The predicted octanol–water partition coefficient (Wildman–Crippen LogP) is 2.64. The van der Waals surface area contributed by atoms with E-state index in [9.17, 15) is 5.11 Å². The average Bonchev–Trinajstić information content (AvgIpc) is 2.89. The summed E-state index contributed by atoms with van der Waals surface area (Å²) >= 11 is 0. The molecule has 0 heterocycles. The normalized spacial score (nSPS) is 20.1. The van der Waals surface area contributed by atoms with Gasteiger partial charge in [-0.25, -0.2) is 0 Å². The smallest absolute Gasteiger partial charge is 0.0610 e. The third-order valence-electron chi connectivity index (χ3n) is 4.46. The van der Waals surface area contributed by atoms with Crippen LogP contribution in [0, 0.1) is 5.92 Å². The van der Waals surface area contributed by atoms with Crippen molar-refractivity contribution in [2.45, 2.75) is 64.3 Å². The van der Waals surface area contributed by atoms with Gasteiger partial charge in [-0.05, 0) is 65.1 Å². The van der Waals surface area contributed by atoms with E-state index in [1.165, 1.54) is 32.2 Å². The molecule has 1 rings (SSSR count). The minimum Gasteiger partial charge on any atom is -0.394 e. The molecule has 0 saturated heterocycles. The van der Waals surface area contributed by atoms with Crippen LogP contribution in [0.3, 0.4) is 0 Å². The summed E-state index contributed by atoms with van der Waals surface area (Å²) in [7, 11) is 2.24. The SMILES string of the molecule is CCCNC(C)(CO)CCCN(C)CC1CCCC1. The zero-order valence-electron chi connectivity index (χ0n) is 13.2. The molecule has 0 aromatic heterocycles. The lowest BCUT2D eigenvalue weighted by Gasteiger charge is -2.30. The standard InChI is InChI=1S/C16H34N2O/c1-4-11-17-16(2,14-19)10-7-12-18(3)13-15-8-5-6-9-15/h15,17,19H,4-14H2,1-3H3. The summed E-state index contributed by atoms with van der Waals surface area (Å²) in [5, 5.41) is 13.0. The van der Waals surface area contributed by atoms with Crippen LogP contribution < -0.4 is 5.32 Å². The van der Waals surface area contributed by atoms with Gasteiger partial charge in [0.05, 0.1) is 6.61 Å². The lowest BCUT2D eigenvalue weighted by atomic mass is 9.96. The summed E-state index contributed by atoms with van der Waals surface area (Å²) in [6.07, 6.45) is 9.06.